The van der Waals surface area contributed by atoms with Gasteiger partial charge in [-0.15, -0.1) is 0 Å². The topological polar surface area (TPSA) is 104 Å². The van der Waals surface area contributed by atoms with E-state index in [1.807, 2.05) is 0 Å². The summed E-state index contributed by atoms with van der Waals surface area (Å²) in [6, 6.07) is 5.21. The molecule has 0 saturated carbocycles. The monoisotopic (exact) mass is 226 g/mol. The SMILES string of the molecule is N#CS.O=C(O)c1ccccc1[N+](=O)[O-]. The predicted octanol–water partition coefficient (Wildman–Crippen LogP) is 1.69. The maximum Gasteiger partial charge on any atom is 0.342 e. The van der Waals surface area contributed by atoms with Gasteiger partial charge in [-0.3, -0.25) is 10.1 Å². The first kappa shape index (κ1) is 12.9. The Balaban J connectivity index is 0.000000583. The first-order chi connectivity index (χ1) is 7.04. The van der Waals surface area contributed by atoms with Crippen molar-refractivity contribution in [1.82, 2.24) is 0 Å². The fraction of sp³-hybridized carbons (Fsp3) is 0. The maximum absolute atomic E-state index is 10.4. The standard InChI is InChI=1S/C7H5NO4.CHNS/c9-7(10)5-3-1-2-4-6(5)8(11)12;2-1-3/h1-4H,(H,9,10);3H. The van der Waals surface area contributed by atoms with Crippen LogP contribution in [0.2, 0.25) is 0 Å². The number of benzene rings is 1. The number of nitro benzene ring substituents is 1. The molecule has 1 N–H and O–H groups in total. The highest BCUT2D eigenvalue weighted by Crippen LogP contribution is 2.16. The Bertz CT molecular complexity index is 380. The Labute approximate surface area is 90.3 Å². The van der Waals surface area contributed by atoms with Crippen LogP contribution < -0.4 is 0 Å². The van der Waals surface area contributed by atoms with Crippen molar-refractivity contribution < 1.29 is 14.8 Å². The fourth-order valence-corrected chi connectivity index (χ4v) is 0.814. The quantitative estimate of drug-likeness (QED) is 0.345. The molecule has 0 aliphatic carbocycles. The first-order valence-corrected chi connectivity index (χ1v) is 3.99. The van der Waals surface area contributed by atoms with Crippen LogP contribution in [0.5, 0.6) is 0 Å². The maximum atomic E-state index is 10.4. The van der Waals surface area contributed by atoms with E-state index in [1.54, 1.807) is 0 Å². The van der Waals surface area contributed by atoms with Gasteiger partial charge in [0.2, 0.25) is 0 Å². The molecule has 0 heterocycles. The fourth-order valence-electron chi connectivity index (χ4n) is 0.814. The average Bonchev–Trinajstić information content (AvgIpc) is 2.19. The molecular weight excluding hydrogens is 220 g/mol. The van der Waals surface area contributed by atoms with Gasteiger partial charge in [0.15, 0.2) is 0 Å². The van der Waals surface area contributed by atoms with Gasteiger partial charge in [-0.25, -0.2) is 4.79 Å². The molecule has 0 saturated heterocycles. The van der Waals surface area contributed by atoms with E-state index in [1.165, 1.54) is 23.6 Å². The molecule has 0 aromatic heterocycles. The Morgan fingerprint density at radius 2 is 2.00 bits per heavy atom. The molecule has 0 radical (unpaired) electrons. The molecule has 0 aliphatic rings. The molecule has 0 amide bonds. The summed E-state index contributed by atoms with van der Waals surface area (Å²) in [5, 5.41) is 27.4. The Morgan fingerprint density at radius 1 is 1.53 bits per heavy atom. The summed E-state index contributed by atoms with van der Waals surface area (Å²) in [5.41, 5.74) is -0.674. The molecule has 1 rings (SSSR count). The molecule has 78 valence electrons. The minimum Gasteiger partial charge on any atom is -0.477 e. The molecule has 0 aliphatic heterocycles. The number of nitro groups is 1. The molecule has 0 atom stereocenters. The lowest BCUT2D eigenvalue weighted by Gasteiger charge is -1.94. The van der Waals surface area contributed by atoms with Gasteiger partial charge in [0, 0.05) is 6.07 Å². The van der Waals surface area contributed by atoms with Crippen LogP contribution in [-0.2, 0) is 0 Å². The summed E-state index contributed by atoms with van der Waals surface area (Å²) in [7, 11) is 0. The molecular formula is C8H6N2O4S. The Morgan fingerprint density at radius 3 is 2.33 bits per heavy atom. The number of aromatic carboxylic acids is 1. The van der Waals surface area contributed by atoms with Crippen molar-refractivity contribution in [3.05, 3.63) is 39.9 Å². The van der Waals surface area contributed by atoms with E-state index >= 15 is 0 Å². The second-order valence-corrected chi connectivity index (χ2v) is 2.38. The third-order valence-corrected chi connectivity index (χ3v) is 1.33. The van der Waals surface area contributed by atoms with Crippen molar-refractivity contribution >= 4 is 24.3 Å². The molecule has 6 nitrogen and oxygen atoms in total. The van der Waals surface area contributed by atoms with E-state index in [-0.39, 0.29) is 11.3 Å². The summed E-state index contributed by atoms with van der Waals surface area (Å²) in [5.74, 6) is -1.29. The second kappa shape index (κ2) is 6.39. The van der Waals surface area contributed by atoms with E-state index in [9.17, 15) is 14.9 Å². The van der Waals surface area contributed by atoms with Crippen molar-refractivity contribution in [3.63, 3.8) is 0 Å². The number of rotatable bonds is 2. The van der Waals surface area contributed by atoms with Gasteiger partial charge in [0.1, 0.15) is 11.0 Å². The number of para-hydroxylation sites is 1. The third-order valence-electron chi connectivity index (χ3n) is 1.33. The predicted molar refractivity (Wildman–Crippen MR) is 54.7 cm³/mol. The summed E-state index contributed by atoms with van der Waals surface area (Å²) >= 11 is 3.09. The Hall–Kier alpha value is -2.07. The van der Waals surface area contributed by atoms with Crippen LogP contribution in [-0.4, -0.2) is 16.0 Å². The van der Waals surface area contributed by atoms with Gasteiger partial charge >= 0.3 is 5.97 Å². The molecule has 1 aromatic rings. The van der Waals surface area contributed by atoms with Crippen LogP contribution in [0.4, 0.5) is 5.69 Å². The van der Waals surface area contributed by atoms with Crippen molar-refractivity contribution in [2.45, 2.75) is 0 Å². The highest BCUT2D eigenvalue weighted by atomic mass is 32.1. The van der Waals surface area contributed by atoms with Gasteiger partial charge in [-0.05, 0) is 6.07 Å². The number of carbonyl (C=O) groups is 1. The zero-order valence-electron chi connectivity index (χ0n) is 7.32. The van der Waals surface area contributed by atoms with E-state index < -0.39 is 10.9 Å². The van der Waals surface area contributed by atoms with Crippen molar-refractivity contribution in [1.29, 1.82) is 5.26 Å². The van der Waals surface area contributed by atoms with Gasteiger partial charge in [0.05, 0.1) is 4.92 Å². The van der Waals surface area contributed by atoms with Gasteiger partial charge in [-0.2, -0.15) is 5.26 Å². The number of carboxylic acid groups (broad SMARTS) is 1. The summed E-state index contributed by atoms with van der Waals surface area (Å²) in [4.78, 5) is 20.0. The molecule has 0 spiro atoms. The lowest BCUT2D eigenvalue weighted by atomic mass is 10.2. The van der Waals surface area contributed by atoms with E-state index in [0.29, 0.717) is 0 Å². The van der Waals surface area contributed by atoms with Crippen molar-refractivity contribution in [2.75, 3.05) is 0 Å². The highest BCUT2D eigenvalue weighted by molar-refractivity contribution is 7.85. The van der Waals surface area contributed by atoms with Crippen molar-refractivity contribution in [3.8, 4) is 5.40 Å². The minimum absolute atomic E-state index is 0.289. The smallest absolute Gasteiger partial charge is 0.342 e. The normalized spacial score (nSPS) is 8.00. The summed E-state index contributed by atoms with van der Waals surface area (Å²) in [6.07, 6.45) is 0. The van der Waals surface area contributed by atoms with Crippen LogP contribution in [0, 0.1) is 20.8 Å². The van der Waals surface area contributed by atoms with Gasteiger partial charge in [0.25, 0.3) is 5.69 Å². The molecule has 7 heteroatoms. The van der Waals surface area contributed by atoms with Crippen LogP contribution in [0.15, 0.2) is 24.3 Å². The summed E-state index contributed by atoms with van der Waals surface area (Å²) in [6.45, 7) is 0. The third kappa shape index (κ3) is 4.10. The van der Waals surface area contributed by atoms with Crippen molar-refractivity contribution in [2.24, 2.45) is 0 Å². The number of thiocyanates is 1. The highest BCUT2D eigenvalue weighted by Gasteiger charge is 2.17. The number of nitrogens with zero attached hydrogens (tertiary/aromatic N) is 2. The van der Waals surface area contributed by atoms with E-state index in [2.05, 4.69) is 12.6 Å². The average molecular weight is 226 g/mol. The molecule has 0 unspecified atom stereocenters. The zero-order valence-corrected chi connectivity index (χ0v) is 8.22. The van der Waals surface area contributed by atoms with Gasteiger partial charge in [-0.1, -0.05) is 24.8 Å². The second-order valence-electron chi connectivity index (χ2n) is 2.18. The molecule has 0 bridgehead atoms. The number of thiol groups is 1. The molecule has 15 heavy (non-hydrogen) atoms. The molecule has 1 aromatic carbocycles. The van der Waals surface area contributed by atoms with Crippen LogP contribution >= 0.6 is 12.6 Å². The van der Waals surface area contributed by atoms with Crippen LogP contribution in [0.1, 0.15) is 10.4 Å². The minimum atomic E-state index is -1.29. The number of hydrogen-bond acceptors (Lipinski definition) is 5. The van der Waals surface area contributed by atoms with Gasteiger partial charge < -0.3 is 5.11 Å². The van der Waals surface area contributed by atoms with E-state index in [0.717, 1.165) is 6.07 Å². The number of hydrogen-bond donors (Lipinski definition) is 2. The van der Waals surface area contributed by atoms with E-state index in [4.69, 9.17) is 10.4 Å². The first-order valence-electron chi connectivity index (χ1n) is 3.54. The lowest BCUT2D eigenvalue weighted by Crippen LogP contribution is -2.01. The Kier molecular flexibility index (Phi) is 5.51. The molecule has 0 fully saturated rings. The summed E-state index contributed by atoms with van der Waals surface area (Å²) < 4.78 is 0. The zero-order chi connectivity index (χ0) is 11.8. The lowest BCUT2D eigenvalue weighted by molar-refractivity contribution is -0.385. The van der Waals surface area contributed by atoms with Crippen LogP contribution in [0.25, 0.3) is 0 Å². The van der Waals surface area contributed by atoms with Crippen LogP contribution in [0.3, 0.4) is 0 Å². The number of nitriles is 1. The largest absolute Gasteiger partial charge is 0.477 e. The number of carboxylic acids is 1.